The second-order valence-corrected chi connectivity index (χ2v) is 5.60. The fraction of sp³-hybridized carbons (Fsp3) is 0.158. The molecule has 0 saturated heterocycles. The molecule has 4 nitrogen and oxygen atoms in total. The molecule has 2 N–H and O–H groups in total. The van der Waals surface area contributed by atoms with Crippen molar-refractivity contribution in [3.8, 4) is 0 Å². The van der Waals surface area contributed by atoms with E-state index in [2.05, 4.69) is 52.6 Å². The lowest BCUT2D eigenvalue weighted by atomic mass is 10.1. The summed E-state index contributed by atoms with van der Waals surface area (Å²) in [5, 5.41) is 6.65. The highest BCUT2D eigenvalue weighted by Crippen LogP contribution is 2.24. The Hall–Kier alpha value is -2.88. The van der Waals surface area contributed by atoms with Crippen LogP contribution in [0.3, 0.4) is 0 Å². The zero-order chi connectivity index (χ0) is 16.2. The summed E-state index contributed by atoms with van der Waals surface area (Å²) in [7, 11) is 0. The maximum absolute atomic E-state index is 4.57. The number of anilines is 4. The van der Waals surface area contributed by atoms with E-state index in [0.29, 0.717) is 5.95 Å². The Labute approximate surface area is 136 Å². The molecule has 3 rings (SSSR count). The summed E-state index contributed by atoms with van der Waals surface area (Å²) in [6, 6.07) is 18.1. The maximum Gasteiger partial charge on any atom is 0.229 e. The van der Waals surface area contributed by atoms with Crippen LogP contribution < -0.4 is 10.6 Å². The summed E-state index contributed by atoms with van der Waals surface area (Å²) >= 11 is 0. The molecule has 0 aliphatic carbocycles. The Morgan fingerprint density at radius 1 is 0.739 bits per heavy atom. The average molecular weight is 304 g/mol. The van der Waals surface area contributed by atoms with Crippen LogP contribution in [0, 0.1) is 20.8 Å². The van der Waals surface area contributed by atoms with Crippen molar-refractivity contribution in [2.75, 3.05) is 10.6 Å². The van der Waals surface area contributed by atoms with Crippen LogP contribution >= 0.6 is 0 Å². The molecule has 1 aromatic heterocycles. The Balaban J connectivity index is 1.89. The molecule has 0 bridgehead atoms. The van der Waals surface area contributed by atoms with Gasteiger partial charge in [0.05, 0.1) is 0 Å². The predicted molar refractivity (Wildman–Crippen MR) is 95.7 cm³/mol. The highest BCUT2D eigenvalue weighted by Gasteiger charge is 2.07. The fourth-order valence-electron chi connectivity index (χ4n) is 2.48. The number of para-hydroxylation sites is 2. The summed E-state index contributed by atoms with van der Waals surface area (Å²) in [4.78, 5) is 9.06. The molecule has 0 amide bonds. The molecule has 2 aromatic carbocycles. The second kappa shape index (κ2) is 6.48. The summed E-state index contributed by atoms with van der Waals surface area (Å²) < 4.78 is 0. The van der Waals surface area contributed by atoms with E-state index in [4.69, 9.17) is 0 Å². The van der Waals surface area contributed by atoms with Gasteiger partial charge in [-0.1, -0.05) is 36.4 Å². The molecule has 116 valence electrons. The SMILES string of the molecule is Cc1cc(Nc2ccccc2)nc(Nc2c(C)cccc2C)n1. The van der Waals surface area contributed by atoms with Crippen LogP contribution in [0.1, 0.15) is 16.8 Å². The third-order valence-corrected chi connectivity index (χ3v) is 3.62. The van der Waals surface area contributed by atoms with E-state index < -0.39 is 0 Å². The van der Waals surface area contributed by atoms with Crippen molar-refractivity contribution in [3.63, 3.8) is 0 Å². The number of aromatic nitrogens is 2. The van der Waals surface area contributed by atoms with Crippen LogP contribution in [0.5, 0.6) is 0 Å². The van der Waals surface area contributed by atoms with E-state index >= 15 is 0 Å². The lowest BCUT2D eigenvalue weighted by molar-refractivity contribution is 1.10. The van der Waals surface area contributed by atoms with Crippen LogP contribution in [0.25, 0.3) is 0 Å². The largest absolute Gasteiger partial charge is 0.340 e. The van der Waals surface area contributed by atoms with Crippen LogP contribution in [0.4, 0.5) is 23.1 Å². The van der Waals surface area contributed by atoms with E-state index in [-0.39, 0.29) is 0 Å². The second-order valence-electron chi connectivity index (χ2n) is 5.60. The van der Waals surface area contributed by atoms with E-state index in [1.165, 1.54) is 11.1 Å². The van der Waals surface area contributed by atoms with Gasteiger partial charge < -0.3 is 10.6 Å². The molecule has 3 aromatic rings. The van der Waals surface area contributed by atoms with Gasteiger partial charge in [0.1, 0.15) is 5.82 Å². The van der Waals surface area contributed by atoms with Crippen molar-refractivity contribution in [2.24, 2.45) is 0 Å². The molecule has 0 aliphatic rings. The molecule has 0 spiro atoms. The highest BCUT2D eigenvalue weighted by molar-refractivity contribution is 5.64. The predicted octanol–water partition coefficient (Wildman–Crippen LogP) is 4.89. The lowest BCUT2D eigenvalue weighted by Gasteiger charge is -2.13. The summed E-state index contributed by atoms with van der Waals surface area (Å²) in [6.07, 6.45) is 0. The van der Waals surface area contributed by atoms with E-state index in [1.54, 1.807) is 0 Å². The smallest absolute Gasteiger partial charge is 0.229 e. The summed E-state index contributed by atoms with van der Waals surface area (Å²) in [6.45, 7) is 6.12. The third-order valence-electron chi connectivity index (χ3n) is 3.62. The van der Waals surface area contributed by atoms with Gasteiger partial charge in [-0.15, -0.1) is 0 Å². The van der Waals surface area contributed by atoms with Gasteiger partial charge in [-0.3, -0.25) is 0 Å². The average Bonchev–Trinajstić information content (AvgIpc) is 2.51. The first-order chi connectivity index (χ1) is 11.1. The van der Waals surface area contributed by atoms with Gasteiger partial charge in [0.2, 0.25) is 5.95 Å². The van der Waals surface area contributed by atoms with E-state index in [9.17, 15) is 0 Å². The normalized spacial score (nSPS) is 10.4. The van der Waals surface area contributed by atoms with Gasteiger partial charge in [-0.05, 0) is 44.0 Å². The van der Waals surface area contributed by atoms with Gasteiger partial charge >= 0.3 is 0 Å². The zero-order valence-corrected chi connectivity index (χ0v) is 13.6. The van der Waals surface area contributed by atoms with Crippen LogP contribution in [0.2, 0.25) is 0 Å². The van der Waals surface area contributed by atoms with Gasteiger partial charge in [0, 0.05) is 23.1 Å². The van der Waals surface area contributed by atoms with Gasteiger partial charge in [-0.25, -0.2) is 4.98 Å². The summed E-state index contributed by atoms with van der Waals surface area (Å²) in [5.74, 6) is 1.37. The quantitative estimate of drug-likeness (QED) is 0.720. The Bertz CT molecular complexity index is 793. The maximum atomic E-state index is 4.57. The van der Waals surface area contributed by atoms with E-state index in [0.717, 1.165) is 22.9 Å². The molecular formula is C19H20N4. The van der Waals surface area contributed by atoms with Crippen LogP contribution in [-0.4, -0.2) is 9.97 Å². The van der Waals surface area contributed by atoms with Crippen molar-refractivity contribution in [2.45, 2.75) is 20.8 Å². The number of benzene rings is 2. The first-order valence-electron chi connectivity index (χ1n) is 7.63. The fourth-order valence-corrected chi connectivity index (χ4v) is 2.48. The van der Waals surface area contributed by atoms with Crippen LogP contribution in [-0.2, 0) is 0 Å². The molecule has 0 unspecified atom stereocenters. The zero-order valence-electron chi connectivity index (χ0n) is 13.6. The molecule has 0 atom stereocenters. The summed E-state index contributed by atoms with van der Waals surface area (Å²) in [5.41, 5.74) is 5.32. The monoisotopic (exact) mass is 304 g/mol. The molecule has 0 saturated carbocycles. The van der Waals surface area contributed by atoms with E-state index in [1.807, 2.05) is 43.3 Å². The van der Waals surface area contributed by atoms with Crippen molar-refractivity contribution in [1.82, 2.24) is 9.97 Å². The molecule has 4 heteroatoms. The number of aryl methyl sites for hydroxylation is 3. The minimum Gasteiger partial charge on any atom is -0.340 e. The first-order valence-corrected chi connectivity index (χ1v) is 7.63. The molecule has 1 heterocycles. The van der Waals surface area contributed by atoms with Gasteiger partial charge in [0.15, 0.2) is 0 Å². The Morgan fingerprint density at radius 2 is 1.43 bits per heavy atom. The lowest BCUT2D eigenvalue weighted by Crippen LogP contribution is -2.04. The number of hydrogen-bond acceptors (Lipinski definition) is 4. The minimum absolute atomic E-state index is 0.598. The number of nitrogens with zero attached hydrogens (tertiary/aromatic N) is 2. The minimum atomic E-state index is 0.598. The molecule has 23 heavy (non-hydrogen) atoms. The standard InChI is InChI=1S/C19H20N4/c1-13-8-7-9-14(2)18(13)23-19-20-15(3)12-17(22-19)21-16-10-5-4-6-11-16/h4-12H,1-3H3,(H2,20,21,22,23). The van der Waals surface area contributed by atoms with Crippen molar-refractivity contribution in [3.05, 3.63) is 71.4 Å². The molecule has 0 aliphatic heterocycles. The number of hydrogen-bond donors (Lipinski definition) is 2. The van der Waals surface area contributed by atoms with Gasteiger partial charge in [0.25, 0.3) is 0 Å². The highest BCUT2D eigenvalue weighted by atomic mass is 15.1. The number of nitrogens with one attached hydrogen (secondary N) is 2. The molecular weight excluding hydrogens is 284 g/mol. The van der Waals surface area contributed by atoms with Crippen molar-refractivity contribution in [1.29, 1.82) is 0 Å². The van der Waals surface area contributed by atoms with Crippen molar-refractivity contribution < 1.29 is 0 Å². The third kappa shape index (κ3) is 3.66. The molecule has 0 fully saturated rings. The number of rotatable bonds is 4. The molecule has 0 radical (unpaired) electrons. The van der Waals surface area contributed by atoms with Crippen LogP contribution in [0.15, 0.2) is 54.6 Å². The topological polar surface area (TPSA) is 49.8 Å². The Morgan fingerprint density at radius 3 is 2.13 bits per heavy atom. The van der Waals surface area contributed by atoms with Crippen molar-refractivity contribution >= 4 is 23.1 Å². The first kappa shape index (κ1) is 15.0. The Kier molecular flexibility index (Phi) is 4.24. The van der Waals surface area contributed by atoms with Gasteiger partial charge in [-0.2, -0.15) is 4.98 Å².